The Hall–Kier alpha value is -2.40. The van der Waals surface area contributed by atoms with E-state index in [1.54, 1.807) is 24.5 Å². The van der Waals surface area contributed by atoms with Crippen molar-refractivity contribution in [3.8, 4) is 0 Å². The number of thioether (sulfide) groups is 1. The van der Waals surface area contributed by atoms with Gasteiger partial charge in [0.25, 0.3) is 0 Å². The van der Waals surface area contributed by atoms with Gasteiger partial charge < -0.3 is 5.11 Å². The summed E-state index contributed by atoms with van der Waals surface area (Å²) in [7, 11) is 0. The normalized spacial score (nSPS) is 10.8. The second-order valence-corrected chi connectivity index (χ2v) is 6.11. The second kappa shape index (κ2) is 6.79. The molecule has 1 N–H and O–H groups in total. The van der Waals surface area contributed by atoms with Crippen molar-refractivity contribution in [1.29, 1.82) is 0 Å². The van der Waals surface area contributed by atoms with Crippen molar-refractivity contribution in [2.45, 2.75) is 11.3 Å². The number of rotatable bonds is 5. The van der Waals surface area contributed by atoms with Gasteiger partial charge in [0.05, 0.1) is 5.75 Å². The van der Waals surface area contributed by atoms with E-state index in [2.05, 4.69) is 4.98 Å². The van der Waals surface area contributed by atoms with Crippen molar-refractivity contribution in [1.82, 2.24) is 4.98 Å². The van der Waals surface area contributed by atoms with E-state index in [-0.39, 0.29) is 11.6 Å². The van der Waals surface area contributed by atoms with Crippen LogP contribution >= 0.6 is 11.8 Å². The molecule has 0 aliphatic rings. The number of carboxylic acids is 1. The van der Waals surface area contributed by atoms with Gasteiger partial charge in [-0.15, -0.1) is 11.8 Å². The Morgan fingerprint density at radius 3 is 2.65 bits per heavy atom. The Labute approximate surface area is 137 Å². The molecule has 3 aromatic rings. The van der Waals surface area contributed by atoms with Gasteiger partial charge >= 0.3 is 5.97 Å². The molecule has 0 saturated heterocycles. The fourth-order valence-corrected chi connectivity index (χ4v) is 3.26. The number of aromatic nitrogens is 1. The van der Waals surface area contributed by atoms with Gasteiger partial charge in [0.15, 0.2) is 0 Å². The van der Waals surface area contributed by atoms with Crippen molar-refractivity contribution in [3.05, 3.63) is 71.8 Å². The van der Waals surface area contributed by atoms with Gasteiger partial charge in [0.1, 0.15) is 5.82 Å². The molecule has 0 radical (unpaired) electrons. The average Bonchev–Trinajstić information content (AvgIpc) is 2.57. The van der Waals surface area contributed by atoms with Gasteiger partial charge in [-0.05, 0) is 28.6 Å². The number of hydrogen-bond acceptors (Lipinski definition) is 3. The molecule has 1 heterocycles. The molecule has 116 valence electrons. The first-order valence-corrected chi connectivity index (χ1v) is 8.07. The Balaban J connectivity index is 1.97. The zero-order valence-electron chi connectivity index (χ0n) is 12.2. The monoisotopic (exact) mass is 327 g/mol. The van der Waals surface area contributed by atoms with Crippen LogP contribution in [-0.4, -0.2) is 21.8 Å². The SMILES string of the molecule is O=C(O)CSc1ccncc1Cc1ccc(F)c2ccccc12. The number of pyridine rings is 1. The second-order valence-electron chi connectivity index (χ2n) is 5.09. The fourth-order valence-electron chi connectivity index (χ4n) is 2.51. The molecule has 0 amide bonds. The summed E-state index contributed by atoms with van der Waals surface area (Å²) in [5, 5.41) is 10.3. The van der Waals surface area contributed by atoms with Crippen LogP contribution in [-0.2, 0) is 11.2 Å². The molecule has 23 heavy (non-hydrogen) atoms. The number of fused-ring (bicyclic) bond motifs is 1. The summed E-state index contributed by atoms with van der Waals surface area (Å²) in [5.41, 5.74) is 1.93. The van der Waals surface area contributed by atoms with Gasteiger partial charge in [-0.2, -0.15) is 0 Å². The van der Waals surface area contributed by atoms with Crippen molar-refractivity contribution in [3.63, 3.8) is 0 Å². The summed E-state index contributed by atoms with van der Waals surface area (Å²) in [6, 6.07) is 12.4. The molecule has 0 bridgehead atoms. The van der Waals surface area contributed by atoms with E-state index >= 15 is 0 Å². The van der Waals surface area contributed by atoms with Crippen molar-refractivity contribution >= 4 is 28.5 Å². The minimum atomic E-state index is -0.856. The molecule has 0 unspecified atom stereocenters. The Kier molecular flexibility index (Phi) is 4.57. The number of carboxylic acid groups (broad SMARTS) is 1. The van der Waals surface area contributed by atoms with Crippen molar-refractivity contribution < 1.29 is 14.3 Å². The smallest absolute Gasteiger partial charge is 0.313 e. The van der Waals surface area contributed by atoms with E-state index in [1.807, 2.05) is 24.3 Å². The Bertz CT molecular complexity index is 867. The van der Waals surface area contributed by atoms with E-state index in [4.69, 9.17) is 5.11 Å². The lowest BCUT2D eigenvalue weighted by atomic mass is 9.99. The average molecular weight is 327 g/mol. The first-order chi connectivity index (χ1) is 11.1. The summed E-state index contributed by atoms with van der Waals surface area (Å²) in [6.45, 7) is 0. The highest BCUT2D eigenvalue weighted by atomic mass is 32.2. The molecule has 3 nitrogen and oxygen atoms in total. The summed E-state index contributed by atoms with van der Waals surface area (Å²) in [4.78, 5) is 15.8. The first kappa shape index (κ1) is 15.5. The summed E-state index contributed by atoms with van der Waals surface area (Å²) in [5.74, 6) is -1.10. The third-order valence-electron chi connectivity index (χ3n) is 3.55. The van der Waals surface area contributed by atoms with Crippen LogP contribution < -0.4 is 0 Å². The highest BCUT2D eigenvalue weighted by Crippen LogP contribution is 2.28. The lowest BCUT2D eigenvalue weighted by Gasteiger charge is -2.10. The number of halogens is 1. The number of nitrogens with zero attached hydrogens (tertiary/aromatic N) is 1. The van der Waals surface area contributed by atoms with Crippen LogP contribution in [0.2, 0.25) is 0 Å². The Morgan fingerprint density at radius 1 is 1.09 bits per heavy atom. The molecule has 2 aromatic carbocycles. The third kappa shape index (κ3) is 3.51. The zero-order chi connectivity index (χ0) is 16.2. The number of benzene rings is 2. The quantitative estimate of drug-likeness (QED) is 0.716. The molecule has 0 atom stereocenters. The van der Waals surface area contributed by atoms with Crippen molar-refractivity contribution in [2.75, 3.05) is 5.75 Å². The molecule has 0 aliphatic heterocycles. The van der Waals surface area contributed by atoms with Crippen molar-refractivity contribution in [2.24, 2.45) is 0 Å². The lowest BCUT2D eigenvalue weighted by Crippen LogP contribution is -2.00. The first-order valence-electron chi connectivity index (χ1n) is 7.09. The maximum absolute atomic E-state index is 13.9. The van der Waals surface area contributed by atoms with Crippen LogP contribution in [0.3, 0.4) is 0 Å². The number of carbonyl (C=O) groups is 1. The highest BCUT2D eigenvalue weighted by Gasteiger charge is 2.10. The molecular formula is C18H14FNO2S. The van der Waals surface area contributed by atoms with E-state index < -0.39 is 5.97 Å². The predicted octanol–water partition coefficient (Wildman–Crippen LogP) is 4.14. The van der Waals surface area contributed by atoms with E-state index in [0.717, 1.165) is 21.4 Å². The molecule has 0 fully saturated rings. The van der Waals surface area contributed by atoms with Gasteiger partial charge in [-0.3, -0.25) is 9.78 Å². The Morgan fingerprint density at radius 2 is 1.87 bits per heavy atom. The van der Waals surface area contributed by atoms with Gasteiger partial charge in [0, 0.05) is 29.1 Å². The molecular weight excluding hydrogens is 313 g/mol. The topological polar surface area (TPSA) is 50.2 Å². The summed E-state index contributed by atoms with van der Waals surface area (Å²) >= 11 is 1.27. The molecule has 1 aromatic heterocycles. The molecule has 0 saturated carbocycles. The number of aliphatic carboxylic acids is 1. The maximum Gasteiger partial charge on any atom is 0.313 e. The third-order valence-corrected chi connectivity index (χ3v) is 4.65. The van der Waals surface area contributed by atoms with Crippen LogP contribution in [0.4, 0.5) is 4.39 Å². The summed E-state index contributed by atoms with van der Waals surface area (Å²) in [6.07, 6.45) is 3.97. The van der Waals surface area contributed by atoms with E-state index in [0.29, 0.717) is 11.8 Å². The molecule has 0 spiro atoms. The maximum atomic E-state index is 13.9. The molecule has 5 heteroatoms. The van der Waals surface area contributed by atoms with Crippen LogP contribution in [0.15, 0.2) is 59.8 Å². The fraction of sp³-hybridized carbons (Fsp3) is 0.111. The number of hydrogen-bond donors (Lipinski definition) is 1. The molecule has 3 rings (SSSR count). The van der Waals surface area contributed by atoms with Crippen LogP contribution in [0, 0.1) is 5.82 Å². The summed E-state index contributed by atoms with van der Waals surface area (Å²) < 4.78 is 13.9. The van der Waals surface area contributed by atoms with Crippen LogP contribution in [0.5, 0.6) is 0 Å². The van der Waals surface area contributed by atoms with Gasteiger partial charge in [-0.1, -0.05) is 30.3 Å². The predicted molar refractivity (Wildman–Crippen MR) is 89.3 cm³/mol. The minimum Gasteiger partial charge on any atom is -0.481 e. The lowest BCUT2D eigenvalue weighted by molar-refractivity contribution is -0.133. The molecule has 0 aliphatic carbocycles. The van der Waals surface area contributed by atoms with Crippen LogP contribution in [0.25, 0.3) is 10.8 Å². The van der Waals surface area contributed by atoms with Gasteiger partial charge in [-0.25, -0.2) is 4.39 Å². The largest absolute Gasteiger partial charge is 0.481 e. The van der Waals surface area contributed by atoms with E-state index in [9.17, 15) is 9.18 Å². The highest BCUT2D eigenvalue weighted by molar-refractivity contribution is 8.00. The zero-order valence-corrected chi connectivity index (χ0v) is 13.0. The van der Waals surface area contributed by atoms with Gasteiger partial charge in [0.2, 0.25) is 0 Å². The van der Waals surface area contributed by atoms with Crippen LogP contribution in [0.1, 0.15) is 11.1 Å². The van der Waals surface area contributed by atoms with E-state index in [1.165, 1.54) is 17.8 Å². The minimum absolute atomic E-state index is 0.00117. The standard InChI is InChI=1S/C18H14FNO2S/c19-16-6-5-12(14-3-1-2-4-15(14)16)9-13-10-20-8-7-17(13)23-11-18(21)22/h1-8,10H,9,11H2,(H,21,22).